The Labute approximate surface area is 180 Å². The Bertz CT molecular complexity index is 926. The fourth-order valence-corrected chi connectivity index (χ4v) is 3.83. The Hall–Kier alpha value is -2.87. The van der Waals surface area contributed by atoms with Gasteiger partial charge in [-0.2, -0.15) is 0 Å². The summed E-state index contributed by atoms with van der Waals surface area (Å²) in [6.07, 6.45) is 0. The monoisotopic (exact) mass is 429 g/mol. The maximum absolute atomic E-state index is 12.6. The maximum Gasteiger partial charge on any atom is 0.283 e. The van der Waals surface area contributed by atoms with Crippen LogP contribution in [0.1, 0.15) is 61.1 Å². The molecule has 2 aromatic rings. The highest BCUT2D eigenvalue weighted by molar-refractivity contribution is 8.00. The molecule has 0 aliphatic carbocycles. The van der Waals surface area contributed by atoms with E-state index in [1.807, 2.05) is 26.0 Å². The van der Waals surface area contributed by atoms with Gasteiger partial charge in [0.05, 0.1) is 21.6 Å². The summed E-state index contributed by atoms with van der Waals surface area (Å²) in [4.78, 5) is 34.9. The lowest BCUT2D eigenvalue weighted by Gasteiger charge is -2.23. The fourth-order valence-electron chi connectivity index (χ4n) is 3.02. The van der Waals surface area contributed by atoms with Crippen LogP contribution in [0.3, 0.4) is 0 Å². The molecule has 2 rings (SSSR count). The second-order valence-corrected chi connectivity index (χ2v) is 8.72. The summed E-state index contributed by atoms with van der Waals surface area (Å²) >= 11 is 1.05. The normalized spacial score (nSPS) is 12.1. The SMILES string of the molecule is CC(C)c1ccc(C(NC(=O)CSc2ccc(C(N)=O)cc2[N+](=O)[O-])C(C)C)cc1. The lowest BCUT2D eigenvalue weighted by molar-refractivity contribution is -0.387. The van der Waals surface area contributed by atoms with Crippen LogP contribution in [0.2, 0.25) is 0 Å². The number of nitrogens with one attached hydrogen (secondary N) is 1. The van der Waals surface area contributed by atoms with E-state index >= 15 is 0 Å². The number of thioether (sulfide) groups is 1. The molecule has 2 aromatic carbocycles. The van der Waals surface area contributed by atoms with Gasteiger partial charge in [0.15, 0.2) is 0 Å². The van der Waals surface area contributed by atoms with Gasteiger partial charge in [-0.1, -0.05) is 52.0 Å². The van der Waals surface area contributed by atoms with Crippen molar-refractivity contribution in [3.05, 3.63) is 69.3 Å². The molecule has 0 aliphatic heterocycles. The Morgan fingerprint density at radius 1 is 1.07 bits per heavy atom. The van der Waals surface area contributed by atoms with Gasteiger partial charge in [-0.25, -0.2) is 0 Å². The third-order valence-electron chi connectivity index (χ3n) is 4.74. The molecule has 0 bridgehead atoms. The first-order chi connectivity index (χ1) is 14.1. The Morgan fingerprint density at radius 3 is 2.17 bits per heavy atom. The van der Waals surface area contributed by atoms with Crippen molar-refractivity contribution in [3.8, 4) is 0 Å². The number of primary amides is 1. The summed E-state index contributed by atoms with van der Waals surface area (Å²) in [6.45, 7) is 8.32. The first kappa shape index (κ1) is 23.4. The molecule has 0 radical (unpaired) electrons. The number of nitro benzene ring substituents is 1. The van der Waals surface area contributed by atoms with Gasteiger partial charge in [0.1, 0.15) is 0 Å². The van der Waals surface area contributed by atoms with Crippen LogP contribution in [0.4, 0.5) is 5.69 Å². The molecule has 160 valence electrons. The third kappa shape index (κ3) is 6.06. The summed E-state index contributed by atoms with van der Waals surface area (Å²) in [6, 6.07) is 12.0. The molecule has 1 atom stereocenters. The van der Waals surface area contributed by atoms with Crippen molar-refractivity contribution >= 4 is 29.3 Å². The molecule has 7 nitrogen and oxygen atoms in total. The van der Waals surface area contributed by atoms with Crippen LogP contribution in [0.5, 0.6) is 0 Å². The number of hydrogen-bond acceptors (Lipinski definition) is 5. The number of benzene rings is 2. The maximum atomic E-state index is 12.6. The number of carbonyl (C=O) groups excluding carboxylic acids is 2. The molecule has 0 saturated heterocycles. The number of carbonyl (C=O) groups is 2. The molecule has 0 aliphatic rings. The van der Waals surface area contributed by atoms with Crippen LogP contribution < -0.4 is 11.1 Å². The molecular weight excluding hydrogens is 402 g/mol. The van der Waals surface area contributed by atoms with Crippen molar-refractivity contribution in [2.24, 2.45) is 11.7 Å². The molecule has 0 fully saturated rings. The minimum atomic E-state index is -0.740. The topological polar surface area (TPSA) is 115 Å². The number of rotatable bonds is 9. The number of nitrogens with two attached hydrogens (primary N) is 1. The van der Waals surface area contributed by atoms with Crippen molar-refractivity contribution in [3.63, 3.8) is 0 Å². The van der Waals surface area contributed by atoms with Crippen LogP contribution in [-0.2, 0) is 4.79 Å². The number of amides is 2. The predicted molar refractivity (Wildman–Crippen MR) is 119 cm³/mol. The molecule has 0 spiro atoms. The summed E-state index contributed by atoms with van der Waals surface area (Å²) in [5.41, 5.74) is 7.25. The van der Waals surface area contributed by atoms with E-state index in [4.69, 9.17) is 5.73 Å². The molecule has 1 unspecified atom stereocenters. The standard InChI is InChI=1S/C22H27N3O4S/c1-13(2)15-5-7-16(8-6-15)21(14(3)4)24-20(26)12-30-19-10-9-17(22(23)27)11-18(19)25(28)29/h5-11,13-14,21H,12H2,1-4H3,(H2,23,27)(H,24,26). The van der Waals surface area contributed by atoms with E-state index in [0.717, 1.165) is 23.4 Å². The van der Waals surface area contributed by atoms with E-state index in [0.29, 0.717) is 10.8 Å². The Kier molecular flexibility index (Phi) is 8.00. The zero-order chi connectivity index (χ0) is 22.4. The average Bonchev–Trinajstić information content (AvgIpc) is 2.70. The minimum absolute atomic E-state index is 0.0179. The van der Waals surface area contributed by atoms with Crippen LogP contribution >= 0.6 is 11.8 Å². The smallest absolute Gasteiger partial charge is 0.283 e. The van der Waals surface area contributed by atoms with Crippen molar-refractivity contribution in [1.29, 1.82) is 0 Å². The van der Waals surface area contributed by atoms with E-state index in [1.54, 1.807) is 0 Å². The number of nitrogens with zero attached hydrogens (tertiary/aromatic N) is 1. The molecule has 0 aromatic heterocycles. The molecule has 8 heteroatoms. The van der Waals surface area contributed by atoms with E-state index in [-0.39, 0.29) is 34.9 Å². The highest BCUT2D eigenvalue weighted by Crippen LogP contribution is 2.30. The summed E-state index contributed by atoms with van der Waals surface area (Å²) in [5, 5.41) is 14.3. The summed E-state index contributed by atoms with van der Waals surface area (Å²) in [7, 11) is 0. The summed E-state index contributed by atoms with van der Waals surface area (Å²) < 4.78 is 0. The second-order valence-electron chi connectivity index (χ2n) is 7.70. The van der Waals surface area contributed by atoms with Crippen molar-refractivity contribution in [2.75, 3.05) is 5.75 Å². The average molecular weight is 430 g/mol. The van der Waals surface area contributed by atoms with Crippen molar-refractivity contribution < 1.29 is 14.5 Å². The third-order valence-corrected chi connectivity index (χ3v) is 5.81. The molecule has 0 saturated carbocycles. The van der Waals surface area contributed by atoms with Gasteiger partial charge in [-0.3, -0.25) is 19.7 Å². The lowest BCUT2D eigenvalue weighted by Crippen LogP contribution is -2.33. The highest BCUT2D eigenvalue weighted by atomic mass is 32.2. The van der Waals surface area contributed by atoms with Crippen LogP contribution in [-0.4, -0.2) is 22.5 Å². The molecule has 30 heavy (non-hydrogen) atoms. The van der Waals surface area contributed by atoms with Gasteiger partial charge < -0.3 is 11.1 Å². The van der Waals surface area contributed by atoms with Crippen LogP contribution in [0.25, 0.3) is 0 Å². The first-order valence-corrected chi connectivity index (χ1v) is 10.7. The zero-order valence-corrected chi connectivity index (χ0v) is 18.4. The molecule has 0 heterocycles. The minimum Gasteiger partial charge on any atom is -0.366 e. The van der Waals surface area contributed by atoms with Crippen LogP contribution in [0, 0.1) is 16.0 Å². The van der Waals surface area contributed by atoms with Gasteiger partial charge in [0.25, 0.3) is 5.69 Å². The van der Waals surface area contributed by atoms with Gasteiger partial charge >= 0.3 is 0 Å². The summed E-state index contributed by atoms with van der Waals surface area (Å²) in [5.74, 6) is -0.341. The quantitative estimate of drug-likeness (QED) is 0.348. The second kappa shape index (κ2) is 10.2. The largest absolute Gasteiger partial charge is 0.366 e. The molecule has 2 amide bonds. The van der Waals surface area contributed by atoms with Crippen molar-refractivity contribution in [1.82, 2.24) is 5.32 Å². The van der Waals surface area contributed by atoms with E-state index in [1.165, 1.54) is 17.7 Å². The van der Waals surface area contributed by atoms with E-state index < -0.39 is 10.8 Å². The first-order valence-electron chi connectivity index (χ1n) is 9.70. The molecular formula is C22H27N3O4S. The predicted octanol–water partition coefficient (Wildman–Crippen LogP) is 4.42. The highest BCUT2D eigenvalue weighted by Gasteiger charge is 2.21. The van der Waals surface area contributed by atoms with E-state index in [2.05, 4.69) is 31.3 Å². The number of hydrogen-bond donors (Lipinski definition) is 2. The number of nitro groups is 1. The van der Waals surface area contributed by atoms with Gasteiger partial charge in [0.2, 0.25) is 11.8 Å². The Morgan fingerprint density at radius 2 is 1.67 bits per heavy atom. The molecule has 3 N–H and O–H groups in total. The zero-order valence-electron chi connectivity index (χ0n) is 17.5. The fraction of sp³-hybridized carbons (Fsp3) is 0.364. The van der Waals surface area contributed by atoms with Crippen LogP contribution in [0.15, 0.2) is 47.4 Å². The Balaban J connectivity index is 2.10. The van der Waals surface area contributed by atoms with Crippen molar-refractivity contribution in [2.45, 2.75) is 44.6 Å². The van der Waals surface area contributed by atoms with Gasteiger partial charge in [0, 0.05) is 11.6 Å². The van der Waals surface area contributed by atoms with Gasteiger partial charge in [-0.15, -0.1) is 11.8 Å². The van der Waals surface area contributed by atoms with Gasteiger partial charge in [-0.05, 0) is 35.1 Å². The van der Waals surface area contributed by atoms with E-state index in [9.17, 15) is 19.7 Å². The lowest BCUT2D eigenvalue weighted by atomic mass is 9.93.